The number of sulfonamides is 1. The van der Waals surface area contributed by atoms with Gasteiger partial charge in [-0.1, -0.05) is 0 Å². The van der Waals surface area contributed by atoms with Gasteiger partial charge in [-0.05, 0) is 48.5 Å². The molecule has 0 aromatic heterocycles. The summed E-state index contributed by atoms with van der Waals surface area (Å²) in [7, 11) is -2.24. The monoisotopic (exact) mass is 485 g/mol. The van der Waals surface area contributed by atoms with E-state index in [9.17, 15) is 31.2 Å². The summed E-state index contributed by atoms with van der Waals surface area (Å²) >= 11 is 0. The van der Waals surface area contributed by atoms with Gasteiger partial charge in [0.2, 0.25) is 15.9 Å². The van der Waals surface area contributed by atoms with Crippen LogP contribution in [0, 0.1) is 0 Å². The average molecular weight is 485 g/mol. The van der Waals surface area contributed by atoms with E-state index in [1.807, 2.05) is 0 Å². The Balaban J connectivity index is 1.51. The largest absolute Gasteiger partial charge is 0.497 e. The quantitative estimate of drug-likeness (QED) is 0.675. The van der Waals surface area contributed by atoms with Crippen LogP contribution in [0.5, 0.6) is 5.75 Å². The van der Waals surface area contributed by atoms with Gasteiger partial charge in [-0.2, -0.15) is 17.5 Å². The molecule has 2 aromatic carbocycles. The molecule has 12 heteroatoms. The van der Waals surface area contributed by atoms with Crippen LogP contribution < -0.4 is 10.1 Å². The number of nitrogens with zero attached hydrogens (tertiary/aromatic N) is 2. The van der Waals surface area contributed by atoms with Crippen molar-refractivity contribution in [2.24, 2.45) is 0 Å². The maximum Gasteiger partial charge on any atom is 0.416 e. The number of carbonyl (C=O) groups excluding carboxylic acids is 2. The van der Waals surface area contributed by atoms with Crippen LogP contribution in [0.15, 0.2) is 53.4 Å². The molecule has 2 aromatic rings. The van der Waals surface area contributed by atoms with E-state index in [1.165, 1.54) is 28.4 Å². The first kappa shape index (κ1) is 24.5. The van der Waals surface area contributed by atoms with Gasteiger partial charge in [0.25, 0.3) is 5.91 Å². The molecular formula is C21H22F3N3O5S. The van der Waals surface area contributed by atoms with Gasteiger partial charge in [0.1, 0.15) is 5.75 Å². The summed E-state index contributed by atoms with van der Waals surface area (Å²) in [6.45, 7) is 0.111. The van der Waals surface area contributed by atoms with Crippen LogP contribution in [0.1, 0.15) is 15.9 Å². The lowest BCUT2D eigenvalue weighted by Crippen LogP contribution is -2.52. The minimum atomic E-state index is -4.51. The fourth-order valence-electron chi connectivity index (χ4n) is 3.25. The number of halogens is 3. The number of methoxy groups -OCH3 is 1. The molecular weight excluding hydrogens is 463 g/mol. The van der Waals surface area contributed by atoms with E-state index in [4.69, 9.17) is 4.74 Å². The number of piperazine rings is 1. The number of alkyl halides is 3. The highest BCUT2D eigenvalue weighted by Gasteiger charge is 2.31. The van der Waals surface area contributed by atoms with Crippen molar-refractivity contribution in [1.29, 1.82) is 0 Å². The van der Waals surface area contributed by atoms with Gasteiger partial charge in [-0.25, -0.2) is 8.42 Å². The lowest BCUT2D eigenvalue weighted by atomic mass is 10.1. The van der Waals surface area contributed by atoms with Crippen LogP contribution in [-0.4, -0.2) is 69.3 Å². The molecule has 1 N–H and O–H groups in total. The number of benzene rings is 2. The van der Waals surface area contributed by atoms with Crippen molar-refractivity contribution in [3.63, 3.8) is 0 Å². The molecule has 1 aliphatic rings. The maximum absolute atomic E-state index is 12.8. The molecule has 1 heterocycles. The van der Waals surface area contributed by atoms with Crippen molar-refractivity contribution in [2.75, 3.05) is 39.8 Å². The van der Waals surface area contributed by atoms with Crippen LogP contribution in [-0.2, 0) is 21.0 Å². The molecule has 178 valence electrons. The van der Waals surface area contributed by atoms with Crippen LogP contribution in [0.2, 0.25) is 0 Å². The number of hydrogen-bond donors (Lipinski definition) is 1. The van der Waals surface area contributed by atoms with Gasteiger partial charge in [-0.15, -0.1) is 0 Å². The normalized spacial score (nSPS) is 15.2. The molecule has 3 rings (SSSR count). The standard InChI is InChI=1S/C21H22F3N3O5S/c1-32-17-6-8-18(9-7-17)33(30,31)27-12-10-26(11-13-27)19(28)14-25-20(29)15-2-4-16(5-3-15)21(22,23)24/h2-9H,10-14H2,1H3,(H,25,29). The molecule has 1 saturated heterocycles. The molecule has 8 nitrogen and oxygen atoms in total. The van der Waals surface area contributed by atoms with E-state index in [2.05, 4.69) is 5.32 Å². The van der Waals surface area contributed by atoms with Crippen molar-refractivity contribution in [2.45, 2.75) is 11.1 Å². The highest BCUT2D eigenvalue weighted by atomic mass is 32.2. The Morgan fingerprint density at radius 1 is 0.970 bits per heavy atom. The van der Waals surface area contributed by atoms with Gasteiger partial charge in [-0.3, -0.25) is 9.59 Å². The zero-order valence-electron chi connectivity index (χ0n) is 17.6. The summed E-state index contributed by atoms with van der Waals surface area (Å²) in [5.74, 6) is -0.572. The molecule has 1 fully saturated rings. The molecule has 33 heavy (non-hydrogen) atoms. The first-order valence-electron chi connectivity index (χ1n) is 9.90. The zero-order valence-corrected chi connectivity index (χ0v) is 18.4. The number of ether oxygens (including phenoxy) is 1. The second-order valence-corrected chi connectivity index (χ2v) is 9.16. The molecule has 0 saturated carbocycles. The number of carbonyl (C=O) groups is 2. The van der Waals surface area contributed by atoms with Crippen molar-refractivity contribution < 1.29 is 35.9 Å². The lowest BCUT2D eigenvalue weighted by molar-refractivity contribution is -0.137. The van der Waals surface area contributed by atoms with Gasteiger partial charge in [0.05, 0.1) is 24.1 Å². The summed E-state index contributed by atoms with van der Waals surface area (Å²) < 4.78 is 69.7. The molecule has 0 atom stereocenters. The lowest BCUT2D eigenvalue weighted by Gasteiger charge is -2.34. The third kappa shape index (κ3) is 5.82. The van der Waals surface area contributed by atoms with Crippen LogP contribution in [0.25, 0.3) is 0 Å². The van der Waals surface area contributed by atoms with E-state index in [-0.39, 0.29) is 43.2 Å². The summed E-state index contributed by atoms with van der Waals surface area (Å²) in [6, 6.07) is 9.64. The Hall–Kier alpha value is -3.12. The SMILES string of the molecule is COc1ccc(S(=O)(=O)N2CCN(C(=O)CNC(=O)c3ccc(C(F)(F)F)cc3)CC2)cc1. The smallest absolute Gasteiger partial charge is 0.416 e. The van der Waals surface area contributed by atoms with Crippen LogP contribution in [0.4, 0.5) is 13.2 Å². The van der Waals surface area contributed by atoms with Gasteiger partial charge >= 0.3 is 6.18 Å². The van der Waals surface area contributed by atoms with Crippen LogP contribution in [0.3, 0.4) is 0 Å². The number of amides is 2. The zero-order chi connectivity index (χ0) is 24.2. The Kier molecular flexibility index (Phi) is 7.28. The van der Waals surface area contributed by atoms with E-state index < -0.39 is 33.6 Å². The average Bonchev–Trinajstić information content (AvgIpc) is 2.82. The predicted molar refractivity (Wildman–Crippen MR) is 112 cm³/mol. The summed E-state index contributed by atoms with van der Waals surface area (Å²) in [5.41, 5.74) is -0.885. The minimum absolute atomic E-state index is 0.00814. The Morgan fingerprint density at radius 2 is 1.55 bits per heavy atom. The van der Waals surface area contributed by atoms with E-state index in [0.717, 1.165) is 24.3 Å². The fourth-order valence-corrected chi connectivity index (χ4v) is 4.68. The van der Waals surface area contributed by atoms with Crippen molar-refractivity contribution in [3.8, 4) is 5.75 Å². The predicted octanol–water partition coefficient (Wildman–Crippen LogP) is 1.98. The van der Waals surface area contributed by atoms with Crippen molar-refractivity contribution in [3.05, 3.63) is 59.7 Å². The van der Waals surface area contributed by atoms with Gasteiger partial charge < -0.3 is 15.0 Å². The highest BCUT2D eigenvalue weighted by molar-refractivity contribution is 7.89. The summed E-state index contributed by atoms with van der Waals surface area (Å²) in [5, 5.41) is 2.38. The van der Waals surface area contributed by atoms with E-state index in [0.29, 0.717) is 5.75 Å². The van der Waals surface area contributed by atoms with Gasteiger partial charge in [0.15, 0.2) is 0 Å². The van der Waals surface area contributed by atoms with Crippen LogP contribution >= 0.6 is 0 Å². The summed E-state index contributed by atoms with van der Waals surface area (Å²) in [6.07, 6.45) is -4.51. The second-order valence-electron chi connectivity index (χ2n) is 7.22. The molecule has 0 unspecified atom stereocenters. The number of nitrogens with one attached hydrogen (secondary N) is 1. The highest BCUT2D eigenvalue weighted by Crippen LogP contribution is 2.29. The minimum Gasteiger partial charge on any atom is -0.497 e. The number of hydrogen-bond acceptors (Lipinski definition) is 5. The van der Waals surface area contributed by atoms with Gasteiger partial charge in [0, 0.05) is 31.7 Å². The van der Waals surface area contributed by atoms with E-state index in [1.54, 1.807) is 12.1 Å². The molecule has 0 aliphatic carbocycles. The Labute approximate surface area is 189 Å². The Morgan fingerprint density at radius 3 is 2.06 bits per heavy atom. The molecule has 0 radical (unpaired) electrons. The fraction of sp³-hybridized carbons (Fsp3) is 0.333. The van der Waals surface area contributed by atoms with E-state index >= 15 is 0 Å². The molecule has 2 amide bonds. The van der Waals surface area contributed by atoms with Crippen molar-refractivity contribution in [1.82, 2.24) is 14.5 Å². The second kappa shape index (κ2) is 9.79. The third-order valence-corrected chi connectivity index (χ3v) is 7.08. The molecule has 0 spiro atoms. The molecule has 0 bridgehead atoms. The topological polar surface area (TPSA) is 96.0 Å². The Bertz CT molecular complexity index is 1100. The number of rotatable bonds is 6. The maximum atomic E-state index is 12.8. The third-order valence-electron chi connectivity index (χ3n) is 5.16. The first-order valence-corrected chi connectivity index (χ1v) is 11.3. The summed E-state index contributed by atoms with van der Waals surface area (Å²) in [4.78, 5) is 26.1. The first-order chi connectivity index (χ1) is 15.5. The van der Waals surface area contributed by atoms with Crippen molar-refractivity contribution >= 4 is 21.8 Å². The molecule has 1 aliphatic heterocycles.